The highest BCUT2D eigenvalue weighted by Gasteiger charge is 2.28. The molecule has 1 aromatic carbocycles. The fourth-order valence-corrected chi connectivity index (χ4v) is 1.77. The molecular formula is C12H10F2N2O2. The van der Waals surface area contributed by atoms with Crippen LogP contribution in [0.1, 0.15) is 10.4 Å². The predicted molar refractivity (Wildman–Crippen MR) is 57.6 cm³/mol. The first-order valence-electron chi connectivity index (χ1n) is 5.38. The van der Waals surface area contributed by atoms with Crippen LogP contribution in [0.15, 0.2) is 18.2 Å². The van der Waals surface area contributed by atoms with Gasteiger partial charge in [0.1, 0.15) is 17.2 Å². The van der Waals surface area contributed by atoms with Crippen molar-refractivity contribution < 1.29 is 18.3 Å². The largest absolute Gasteiger partial charge is 0.360 e. The van der Waals surface area contributed by atoms with Crippen molar-refractivity contribution in [3.8, 4) is 6.07 Å². The molecular weight excluding hydrogens is 242 g/mol. The molecule has 1 aromatic rings. The second-order valence-electron chi connectivity index (χ2n) is 3.84. The van der Waals surface area contributed by atoms with Gasteiger partial charge < -0.3 is 9.64 Å². The molecule has 1 aliphatic heterocycles. The van der Waals surface area contributed by atoms with Gasteiger partial charge in [-0.05, 0) is 12.1 Å². The topological polar surface area (TPSA) is 53.3 Å². The van der Waals surface area contributed by atoms with E-state index in [1.54, 1.807) is 0 Å². The van der Waals surface area contributed by atoms with Gasteiger partial charge in [0, 0.05) is 6.54 Å². The molecule has 1 unspecified atom stereocenters. The van der Waals surface area contributed by atoms with Crippen molar-refractivity contribution in [3.05, 3.63) is 35.4 Å². The Morgan fingerprint density at radius 2 is 2.11 bits per heavy atom. The average molecular weight is 252 g/mol. The molecule has 0 bridgehead atoms. The van der Waals surface area contributed by atoms with Gasteiger partial charge in [-0.25, -0.2) is 8.78 Å². The second kappa shape index (κ2) is 5.10. The fraction of sp³-hybridized carbons (Fsp3) is 0.333. The molecule has 0 N–H and O–H groups in total. The minimum atomic E-state index is -0.903. The molecule has 1 amide bonds. The number of carbonyl (C=O) groups is 1. The summed E-state index contributed by atoms with van der Waals surface area (Å²) in [4.78, 5) is 13.2. The smallest absolute Gasteiger partial charge is 0.260 e. The van der Waals surface area contributed by atoms with Crippen molar-refractivity contribution >= 4 is 5.91 Å². The zero-order valence-electron chi connectivity index (χ0n) is 9.40. The van der Waals surface area contributed by atoms with E-state index in [0.29, 0.717) is 0 Å². The van der Waals surface area contributed by atoms with Gasteiger partial charge in [0.15, 0.2) is 6.10 Å². The molecule has 18 heavy (non-hydrogen) atoms. The molecule has 0 saturated carbocycles. The van der Waals surface area contributed by atoms with Crippen LogP contribution in [0.4, 0.5) is 8.78 Å². The van der Waals surface area contributed by atoms with Gasteiger partial charge in [-0.15, -0.1) is 0 Å². The van der Waals surface area contributed by atoms with Crippen molar-refractivity contribution in [2.24, 2.45) is 0 Å². The highest BCUT2D eigenvalue weighted by atomic mass is 19.1. The maximum atomic E-state index is 13.5. The number of hydrogen-bond acceptors (Lipinski definition) is 3. The molecule has 2 rings (SSSR count). The van der Waals surface area contributed by atoms with Gasteiger partial charge in [-0.1, -0.05) is 6.07 Å². The van der Waals surface area contributed by atoms with Crippen molar-refractivity contribution in [1.29, 1.82) is 5.26 Å². The molecule has 1 heterocycles. The van der Waals surface area contributed by atoms with E-state index in [9.17, 15) is 13.6 Å². The van der Waals surface area contributed by atoms with E-state index in [2.05, 4.69) is 0 Å². The third-order valence-corrected chi connectivity index (χ3v) is 2.67. The maximum Gasteiger partial charge on any atom is 0.260 e. The Bertz CT molecular complexity index is 493. The number of nitrogens with zero attached hydrogens (tertiary/aromatic N) is 2. The molecule has 94 valence electrons. The zero-order chi connectivity index (χ0) is 13.1. The van der Waals surface area contributed by atoms with Crippen LogP contribution in [-0.4, -0.2) is 36.6 Å². The molecule has 4 nitrogen and oxygen atoms in total. The molecule has 1 saturated heterocycles. The monoisotopic (exact) mass is 252 g/mol. The van der Waals surface area contributed by atoms with Crippen LogP contribution < -0.4 is 0 Å². The van der Waals surface area contributed by atoms with Crippen LogP contribution in [0, 0.1) is 23.0 Å². The van der Waals surface area contributed by atoms with Crippen LogP contribution in [0.25, 0.3) is 0 Å². The Morgan fingerprint density at radius 1 is 1.44 bits per heavy atom. The molecule has 0 spiro atoms. The molecule has 6 heteroatoms. The lowest BCUT2D eigenvalue weighted by molar-refractivity contribution is 0.00304. The summed E-state index contributed by atoms with van der Waals surface area (Å²) in [6.45, 7) is 0.411. The number of carbonyl (C=O) groups excluding carboxylic acids is 1. The van der Waals surface area contributed by atoms with Crippen molar-refractivity contribution in [1.82, 2.24) is 4.90 Å². The van der Waals surface area contributed by atoms with Crippen molar-refractivity contribution in [2.75, 3.05) is 19.7 Å². The highest BCUT2D eigenvalue weighted by molar-refractivity contribution is 5.94. The highest BCUT2D eigenvalue weighted by Crippen LogP contribution is 2.16. The predicted octanol–water partition coefficient (Wildman–Crippen LogP) is 1.33. The van der Waals surface area contributed by atoms with Crippen LogP contribution in [0.5, 0.6) is 0 Å². The maximum absolute atomic E-state index is 13.5. The summed E-state index contributed by atoms with van der Waals surface area (Å²) < 4.78 is 32.0. The third kappa shape index (κ3) is 2.31. The molecule has 0 radical (unpaired) electrons. The number of rotatable bonds is 1. The van der Waals surface area contributed by atoms with E-state index in [1.165, 1.54) is 11.0 Å². The Morgan fingerprint density at radius 3 is 2.72 bits per heavy atom. The summed E-state index contributed by atoms with van der Waals surface area (Å²) in [7, 11) is 0. The minimum absolute atomic E-state index is 0.0170. The number of morpholine rings is 1. The summed E-state index contributed by atoms with van der Waals surface area (Å²) in [6.07, 6.45) is -0.752. The number of ether oxygens (including phenoxy) is 1. The number of halogens is 2. The minimum Gasteiger partial charge on any atom is -0.360 e. The van der Waals surface area contributed by atoms with Gasteiger partial charge in [-0.2, -0.15) is 5.26 Å². The van der Waals surface area contributed by atoms with Crippen LogP contribution in [0.3, 0.4) is 0 Å². The average Bonchev–Trinajstić information content (AvgIpc) is 2.38. The van der Waals surface area contributed by atoms with Crippen LogP contribution in [-0.2, 0) is 4.74 Å². The fourth-order valence-electron chi connectivity index (χ4n) is 1.77. The molecule has 1 fully saturated rings. The van der Waals surface area contributed by atoms with E-state index in [4.69, 9.17) is 10.00 Å². The van der Waals surface area contributed by atoms with Gasteiger partial charge in [0.25, 0.3) is 5.91 Å². The van der Waals surface area contributed by atoms with Gasteiger partial charge in [0.2, 0.25) is 0 Å². The Labute approximate surface area is 102 Å². The van der Waals surface area contributed by atoms with Gasteiger partial charge >= 0.3 is 0 Å². The van der Waals surface area contributed by atoms with E-state index < -0.39 is 29.2 Å². The number of hydrogen-bond donors (Lipinski definition) is 0. The molecule has 1 aliphatic rings. The Hall–Kier alpha value is -2.00. The molecule has 0 aromatic heterocycles. The van der Waals surface area contributed by atoms with E-state index in [0.717, 1.165) is 12.1 Å². The van der Waals surface area contributed by atoms with Gasteiger partial charge in [-0.3, -0.25) is 4.79 Å². The lowest BCUT2D eigenvalue weighted by Gasteiger charge is -2.29. The summed E-state index contributed by atoms with van der Waals surface area (Å²) in [5.74, 6) is -2.56. The number of nitriles is 1. The molecule has 0 aliphatic carbocycles. The van der Waals surface area contributed by atoms with Crippen LogP contribution >= 0.6 is 0 Å². The number of benzene rings is 1. The van der Waals surface area contributed by atoms with E-state index in [-0.39, 0.29) is 19.7 Å². The number of amides is 1. The second-order valence-corrected chi connectivity index (χ2v) is 3.84. The van der Waals surface area contributed by atoms with Crippen molar-refractivity contribution in [2.45, 2.75) is 6.10 Å². The zero-order valence-corrected chi connectivity index (χ0v) is 9.40. The first-order chi connectivity index (χ1) is 8.63. The summed E-state index contributed by atoms with van der Waals surface area (Å²) in [6, 6.07) is 5.11. The summed E-state index contributed by atoms with van der Waals surface area (Å²) >= 11 is 0. The lowest BCUT2D eigenvalue weighted by Crippen LogP contribution is -2.45. The third-order valence-electron chi connectivity index (χ3n) is 2.67. The summed E-state index contributed by atoms with van der Waals surface area (Å²) in [5, 5.41) is 8.71. The van der Waals surface area contributed by atoms with E-state index >= 15 is 0 Å². The molecule has 1 atom stereocenters. The normalized spacial score (nSPS) is 19.4. The van der Waals surface area contributed by atoms with Crippen molar-refractivity contribution in [3.63, 3.8) is 0 Å². The van der Waals surface area contributed by atoms with E-state index in [1.807, 2.05) is 6.07 Å². The first kappa shape index (κ1) is 12.5. The Kier molecular flexibility index (Phi) is 3.53. The quantitative estimate of drug-likeness (QED) is 0.757. The lowest BCUT2D eigenvalue weighted by atomic mass is 10.1. The van der Waals surface area contributed by atoms with Crippen LogP contribution in [0.2, 0.25) is 0 Å². The SMILES string of the molecule is N#CC1CN(C(=O)c2c(F)cccc2F)CCO1. The summed E-state index contributed by atoms with van der Waals surface area (Å²) in [5.41, 5.74) is -0.587. The Balaban J connectivity index is 2.24. The first-order valence-corrected chi connectivity index (χ1v) is 5.38. The van der Waals surface area contributed by atoms with Gasteiger partial charge in [0.05, 0.1) is 19.2 Å². The standard InChI is InChI=1S/C12H10F2N2O2/c13-9-2-1-3-10(14)11(9)12(17)16-4-5-18-8(6-15)7-16/h1-3,8H,4-5,7H2.